The van der Waals surface area contributed by atoms with Crippen molar-refractivity contribution >= 4 is 11.6 Å². The first-order valence-electron chi connectivity index (χ1n) is 7.54. The molecule has 0 spiro atoms. The Balaban J connectivity index is 1.60. The summed E-state index contributed by atoms with van der Waals surface area (Å²) in [6.07, 6.45) is 1.69. The van der Waals surface area contributed by atoms with Gasteiger partial charge in [-0.3, -0.25) is 9.20 Å². The molecule has 25 heavy (non-hydrogen) atoms. The summed E-state index contributed by atoms with van der Waals surface area (Å²) in [4.78, 5) is 28.1. The first-order valence-corrected chi connectivity index (χ1v) is 7.54. The number of esters is 1. The molecule has 7 heteroatoms. The van der Waals surface area contributed by atoms with Crippen molar-refractivity contribution in [3.63, 3.8) is 0 Å². The maximum Gasteiger partial charge on any atom is 0.344 e. The third-order valence-electron chi connectivity index (χ3n) is 3.41. The number of carbonyl (C=O) groups is 1. The number of hydrogen-bond donors (Lipinski definition) is 0. The Hall–Kier alpha value is -3.22. The van der Waals surface area contributed by atoms with Gasteiger partial charge in [-0.1, -0.05) is 6.07 Å². The van der Waals surface area contributed by atoms with Gasteiger partial charge in [0.2, 0.25) is 0 Å². The van der Waals surface area contributed by atoms with Gasteiger partial charge in [0.1, 0.15) is 23.8 Å². The van der Waals surface area contributed by atoms with Gasteiger partial charge >= 0.3 is 5.97 Å². The highest BCUT2D eigenvalue weighted by atomic mass is 19.1. The normalized spacial score (nSPS) is 10.6. The molecule has 0 unspecified atom stereocenters. The topological polar surface area (TPSA) is 69.9 Å². The average molecular weight is 342 g/mol. The van der Waals surface area contributed by atoms with E-state index in [2.05, 4.69) is 4.98 Å². The minimum absolute atomic E-state index is 0.134. The minimum Gasteiger partial charge on any atom is -0.482 e. The lowest BCUT2D eigenvalue weighted by molar-refractivity contribution is -0.147. The van der Waals surface area contributed by atoms with E-state index in [1.807, 2.05) is 13.0 Å². The van der Waals surface area contributed by atoms with Gasteiger partial charge in [-0.05, 0) is 42.8 Å². The number of carbonyl (C=O) groups excluding carboxylic acids is 1. The second kappa shape index (κ2) is 7.12. The van der Waals surface area contributed by atoms with E-state index in [1.165, 1.54) is 34.7 Å². The van der Waals surface area contributed by atoms with Crippen LogP contribution in [-0.4, -0.2) is 22.0 Å². The molecule has 0 bridgehead atoms. The van der Waals surface area contributed by atoms with E-state index < -0.39 is 11.8 Å². The van der Waals surface area contributed by atoms with Crippen LogP contribution >= 0.6 is 0 Å². The second-order valence-electron chi connectivity index (χ2n) is 5.42. The summed E-state index contributed by atoms with van der Waals surface area (Å²) in [6.45, 7) is 1.42. The third kappa shape index (κ3) is 4.20. The predicted molar refractivity (Wildman–Crippen MR) is 87.9 cm³/mol. The lowest BCUT2D eigenvalue weighted by Crippen LogP contribution is -2.18. The lowest BCUT2D eigenvalue weighted by Gasteiger charge is -2.08. The lowest BCUT2D eigenvalue weighted by atomic mass is 10.3. The molecule has 0 N–H and O–H groups in total. The van der Waals surface area contributed by atoms with E-state index in [0.29, 0.717) is 17.1 Å². The Kier molecular flexibility index (Phi) is 4.74. The Labute approximate surface area is 142 Å². The molecule has 0 aliphatic rings. The fourth-order valence-electron chi connectivity index (χ4n) is 2.20. The monoisotopic (exact) mass is 342 g/mol. The van der Waals surface area contributed by atoms with Gasteiger partial charge in [0.25, 0.3) is 5.56 Å². The largest absolute Gasteiger partial charge is 0.482 e. The van der Waals surface area contributed by atoms with E-state index in [9.17, 15) is 14.0 Å². The van der Waals surface area contributed by atoms with Gasteiger partial charge < -0.3 is 9.47 Å². The van der Waals surface area contributed by atoms with Gasteiger partial charge in [-0.2, -0.15) is 0 Å². The summed E-state index contributed by atoms with van der Waals surface area (Å²) < 4.78 is 24.5. The summed E-state index contributed by atoms with van der Waals surface area (Å²) in [6, 6.07) is 10.2. The number of nitrogens with zero attached hydrogens (tertiary/aromatic N) is 2. The first kappa shape index (κ1) is 16.6. The molecular weight excluding hydrogens is 327 g/mol. The van der Waals surface area contributed by atoms with Gasteiger partial charge in [-0.15, -0.1) is 0 Å². The summed E-state index contributed by atoms with van der Waals surface area (Å²) in [5.41, 5.74) is 1.52. The van der Waals surface area contributed by atoms with E-state index in [1.54, 1.807) is 12.3 Å². The number of aromatic nitrogens is 2. The van der Waals surface area contributed by atoms with Crippen molar-refractivity contribution < 1.29 is 18.7 Å². The molecule has 0 radical (unpaired) electrons. The van der Waals surface area contributed by atoms with Crippen LogP contribution in [0.2, 0.25) is 0 Å². The van der Waals surface area contributed by atoms with Crippen LogP contribution in [0.3, 0.4) is 0 Å². The molecular formula is C18H15FN2O4. The van der Waals surface area contributed by atoms with Crippen LogP contribution in [-0.2, 0) is 16.1 Å². The Morgan fingerprint density at radius 3 is 2.72 bits per heavy atom. The number of aryl methyl sites for hydroxylation is 1. The van der Waals surface area contributed by atoms with Crippen LogP contribution in [0.5, 0.6) is 5.75 Å². The summed E-state index contributed by atoms with van der Waals surface area (Å²) in [7, 11) is 0. The molecule has 1 aromatic carbocycles. The zero-order valence-corrected chi connectivity index (χ0v) is 13.4. The van der Waals surface area contributed by atoms with Crippen molar-refractivity contribution in [1.82, 2.24) is 9.38 Å². The van der Waals surface area contributed by atoms with Crippen LogP contribution in [0.1, 0.15) is 11.3 Å². The minimum atomic E-state index is -0.616. The van der Waals surface area contributed by atoms with Crippen molar-refractivity contribution in [2.75, 3.05) is 6.61 Å². The number of rotatable bonds is 5. The molecule has 0 saturated heterocycles. The van der Waals surface area contributed by atoms with Crippen LogP contribution in [0.25, 0.3) is 5.65 Å². The summed E-state index contributed by atoms with van der Waals surface area (Å²) in [5.74, 6) is -0.648. The van der Waals surface area contributed by atoms with Gasteiger partial charge in [0.05, 0.1) is 5.69 Å². The fraction of sp³-hybridized carbons (Fsp3) is 0.167. The molecule has 6 nitrogen and oxygen atoms in total. The van der Waals surface area contributed by atoms with E-state index in [4.69, 9.17) is 9.47 Å². The van der Waals surface area contributed by atoms with Crippen molar-refractivity contribution in [3.05, 3.63) is 76.1 Å². The molecule has 0 saturated carbocycles. The van der Waals surface area contributed by atoms with Crippen LogP contribution in [0, 0.1) is 12.7 Å². The van der Waals surface area contributed by atoms with Gasteiger partial charge in [-0.25, -0.2) is 14.2 Å². The van der Waals surface area contributed by atoms with Crippen molar-refractivity contribution in [1.29, 1.82) is 0 Å². The van der Waals surface area contributed by atoms with Crippen LogP contribution < -0.4 is 10.3 Å². The predicted octanol–water partition coefficient (Wildman–Crippen LogP) is 2.26. The molecule has 0 amide bonds. The molecule has 2 aromatic heterocycles. The molecule has 2 heterocycles. The molecule has 0 atom stereocenters. The molecule has 3 aromatic rings. The molecule has 3 rings (SSSR count). The molecule has 0 fully saturated rings. The Bertz CT molecular complexity index is 967. The maximum atomic E-state index is 12.8. The summed E-state index contributed by atoms with van der Waals surface area (Å²) >= 11 is 0. The number of ether oxygens (including phenoxy) is 2. The quantitative estimate of drug-likeness (QED) is 0.665. The molecule has 0 aliphatic carbocycles. The highest BCUT2D eigenvalue weighted by Gasteiger charge is 2.08. The number of halogens is 1. The third-order valence-corrected chi connectivity index (χ3v) is 3.41. The second-order valence-corrected chi connectivity index (χ2v) is 5.42. The first-order chi connectivity index (χ1) is 12.0. The smallest absolute Gasteiger partial charge is 0.344 e. The standard InChI is InChI=1S/C18H15FN2O4/c1-12-2-7-16-20-14(8-17(22)21(16)9-12)10-25-18(23)11-24-15-5-3-13(19)4-6-15/h2-9H,10-11H2,1H3. The van der Waals surface area contributed by atoms with Gasteiger partial charge in [0.15, 0.2) is 6.61 Å². The number of fused-ring (bicyclic) bond motifs is 1. The number of hydrogen-bond acceptors (Lipinski definition) is 5. The maximum absolute atomic E-state index is 12.8. The van der Waals surface area contributed by atoms with E-state index in [0.717, 1.165) is 5.56 Å². The van der Waals surface area contributed by atoms with Crippen molar-refractivity contribution in [2.45, 2.75) is 13.5 Å². The SMILES string of the molecule is Cc1ccc2nc(COC(=O)COc3ccc(F)cc3)cc(=O)n2c1. The van der Waals surface area contributed by atoms with E-state index >= 15 is 0 Å². The Morgan fingerprint density at radius 1 is 1.20 bits per heavy atom. The van der Waals surface area contributed by atoms with Crippen molar-refractivity contribution in [2.24, 2.45) is 0 Å². The highest BCUT2D eigenvalue weighted by Crippen LogP contribution is 2.11. The zero-order chi connectivity index (χ0) is 17.8. The number of benzene rings is 1. The zero-order valence-electron chi connectivity index (χ0n) is 13.4. The molecule has 128 valence electrons. The summed E-state index contributed by atoms with van der Waals surface area (Å²) in [5, 5.41) is 0. The average Bonchev–Trinajstić information content (AvgIpc) is 2.60. The van der Waals surface area contributed by atoms with Crippen molar-refractivity contribution in [3.8, 4) is 5.75 Å². The number of pyridine rings is 1. The van der Waals surface area contributed by atoms with Crippen LogP contribution in [0.15, 0.2) is 53.5 Å². The van der Waals surface area contributed by atoms with E-state index in [-0.39, 0.29) is 18.8 Å². The fourth-order valence-corrected chi connectivity index (χ4v) is 2.20. The highest BCUT2D eigenvalue weighted by molar-refractivity contribution is 5.71. The van der Waals surface area contributed by atoms with Gasteiger partial charge in [0, 0.05) is 12.3 Å². The Morgan fingerprint density at radius 2 is 1.96 bits per heavy atom. The molecule has 0 aliphatic heterocycles. The van der Waals surface area contributed by atoms with Crippen LogP contribution in [0.4, 0.5) is 4.39 Å².